The van der Waals surface area contributed by atoms with Crippen LogP contribution in [0.4, 0.5) is 11.5 Å². The van der Waals surface area contributed by atoms with E-state index in [-0.39, 0.29) is 17.7 Å². The van der Waals surface area contributed by atoms with Crippen LogP contribution in [0.2, 0.25) is 0 Å². The van der Waals surface area contributed by atoms with E-state index >= 15 is 0 Å². The molecule has 0 spiro atoms. The van der Waals surface area contributed by atoms with Gasteiger partial charge in [-0.15, -0.1) is 0 Å². The van der Waals surface area contributed by atoms with Crippen LogP contribution in [-0.2, 0) is 24.9 Å². The van der Waals surface area contributed by atoms with Crippen molar-refractivity contribution in [3.8, 4) is 16.8 Å². The molecule has 0 atom stereocenters. The molecule has 0 unspecified atom stereocenters. The minimum Gasteiger partial charge on any atom is -0.383 e. The number of benzene rings is 2. The van der Waals surface area contributed by atoms with Crippen LogP contribution in [0.25, 0.3) is 27.8 Å². The van der Waals surface area contributed by atoms with E-state index in [0.717, 1.165) is 22.2 Å². The molecule has 4 heterocycles. The molecule has 180 valence electrons. The van der Waals surface area contributed by atoms with Crippen molar-refractivity contribution in [3.05, 3.63) is 88.7 Å². The third-order valence-corrected chi connectivity index (χ3v) is 6.40. The number of aromatic nitrogens is 5. The van der Waals surface area contributed by atoms with Crippen LogP contribution in [0.15, 0.2) is 71.9 Å². The van der Waals surface area contributed by atoms with Crippen molar-refractivity contribution >= 4 is 28.4 Å². The predicted molar refractivity (Wildman–Crippen MR) is 136 cm³/mol. The van der Waals surface area contributed by atoms with E-state index in [4.69, 9.17) is 10.5 Å². The second kappa shape index (κ2) is 8.51. The third-order valence-electron chi connectivity index (χ3n) is 6.40. The number of rotatable bonds is 4. The van der Waals surface area contributed by atoms with Gasteiger partial charge < -0.3 is 20.4 Å². The van der Waals surface area contributed by atoms with Gasteiger partial charge in [0, 0.05) is 24.5 Å². The zero-order valence-electron chi connectivity index (χ0n) is 19.5. The number of nitrogens with zero attached hydrogens (tertiary/aromatic N) is 5. The zero-order valence-corrected chi connectivity index (χ0v) is 19.5. The Kier molecular flexibility index (Phi) is 5.15. The fraction of sp³-hybridized carbons (Fsp3) is 0.154. The molecular weight excluding hydrogens is 458 g/mol. The number of aryl methyl sites for hydroxylation is 1. The summed E-state index contributed by atoms with van der Waals surface area (Å²) in [5, 5.41) is 3.65. The highest BCUT2D eigenvalue weighted by Gasteiger charge is 2.28. The summed E-state index contributed by atoms with van der Waals surface area (Å²) in [4.78, 5) is 35.1. The molecule has 36 heavy (non-hydrogen) atoms. The number of nitrogen functional groups attached to an aromatic ring is 1. The van der Waals surface area contributed by atoms with Crippen molar-refractivity contribution in [2.24, 2.45) is 7.05 Å². The topological polar surface area (TPSA) is 122 Å². The molecule has 0 saturated heterocycles. The Hall–Kier alpha value is -4.70. The van der Waals surface area contributed by atoms with Gasteiger partial charge in [-0.1, -0.05) is 30.3 Å². The number of ether oxygens (including phenoxy) is 1. The fourth-order valence-corrected chi connectivity index (χ4v) is 4.72. The highest BCUT2D eigenvalue weighted by atomic mass is 16.5. The van der Waals surface area contributed by atoms with Crippen LogP contribution in [0.1, 0.15) is 16.1 Å². The Balaban J connectivity index is 1.33. The molecule has 6 rings (SSSR count). The summed E-state index contributed by atoms with van der Waals surface area (Å²) in [6.07, 6.45) is 3.39. The molecule has 10 heteroatoms. The first-order chi connectivity index (χ1) is 17.5. The predicted octanol–water partition coefficient (Wildman–Crippen LogP) is 2.95. The molecule has 0 bridgehead atoms. The Morgan fingerprint density at radius 2 is 1.86 bits per heavy atom. The second-order valence-electron chi connectivity index (χ2n) is 8.59. The van der Waals surface area contributed by atoms with Crippen molar-refractivity contribution in [1.29, 1.82) is 0 Å². The second-order valence-corrected chi connectivity index (χ2v) is 8.59. The SMILES string of the molecule is Cn1cc(-c2ccc(NC(=O)c3c4n(n(-c5ccccc5)c3=O)CCOC4)cc2)c2c(N)ncnc21. The lowest BCUT2D eigenvalue weighted by atomic mass is 10.1. The van der Waals surface area contributed by atoms with E-state index in [9.17, 15) is 9.59 Å². The van der Waals surface area contributed by atoms with Gasteiger partial charge in [-0.3, -0.25) is 14.3 Å². The number of nitrogens with one attached hydrogen (secondary N) is 1. The molecule has 2 aromatic carbocycles. The van der Waals surface area contributed by atoms with Crippen molar-refractivity contribution in [2.75, 3.05) is 17.7 Å². The van der Waals surface area contributed by atoms with Crippen molar-refractivity contribution < 1.29 is 9.53 Å². The molecule has 10 nitrogen and oxygen atoms in total. The van der Waals surface area contributed by atoms with Gasteiger partial charge in [0.05, 0.1) is 36.5 Å². The maximum atomic E-state index is 13.4. The molecule has 0 radical (unpaired) electrons. The Labute approximate surface area is 205 Å². The number of anilines is 2. The summed E-state index contributed by atoms with van der Waals surface area (Å²) >= 11 is 0. The number of hydrogen-bond donors (Lipinski definition) is 2. The number of nitrogens with two attached hydrogens (primary N) is 1. The molecule has 5 aromatic rings. The largest absolute Gasteiger partial charge is 0.383 e. The molecule has 1 amide bonds. The molecule has 0 saturated carbocycles. The lowest BCUT2D eigenvalue weighted by molar-refractivity contribution is 0.0756. The van der Waals surface area contributed by atoms with Crippen LogP contribution in [-0.4, -0.2) is 36.4 Å². The number of amides is 1. The number of para-hydroxylation sites is 1. The van der Waals surface area contributed by atoms with Gasteiger partial charge in [0.1, 0.15) is 23.4 Å². The van der Waals surface area contributed by atoms with Crippen LogP contribution < -0.4 is 16.6 Å². The van der Waals surface area contributed by atoms with Gasteiger partial charge in [0.2, 0.25) is 0 Å². The lowest BCUT2D eigenvalue weighted by Gasteiger charge is -2.19. The maximum absolute atomic E-state index is 13.4. The lowest BCUT2D eigenvalue weighted by Crippen LogP contribution is -2.26. The van der Waals surface area contributed by atoms with E-state index in [1.807, 2.05) is 65.0 Å². The summed E-state index contributed by atoms with van der Waals surface area (Å²) in [5.74, 6) is -0.0668. The van der Waals surface area contributed by atoms with Gasteiger partial charge in [-0.05, 0) is 29.8 Å². The first kappa shape index (κ1) is 21.8. The van der Waals surface area contributed by atoms with Crippen molar-refractivity contribution in [3.63, 3.8) is 0 Å². The van der Waals surface area contributed by atoms with Crippen molar-refractivity contribution in [1.82, 2.24) is 23.9 Å². The van der Waals surface area contributed by atoms with E-state index in [2.05, 4.69) is 15.3 Å². The maximum Gasteiger partial charge on any atom is 0.284 e. The number of carbonyl (C=O) groups is 1. The minimum atomic E-state index is -0.473. The van der Waals surface area contributed by atoms with Crippen LogP contribution in [0.5, 0.6) is 0 Å². The Bertz CT molecular complexity index is 1660. The molecular formula is C26H23N7O3. The van der Waals surface area contributed by atoms with Crippen LogP contribution in [0.3, 0.4) is 0 Å². The highest BCUT2D eigenvalue weighted by molar-refractivity contribution is 6.05. The van der Waals surface area contributed by atoms with E-state index in [1.54, 1.807) is 16.8 Å². The first-order valence-electron chi connectivity index (χ1n) is 11.5. The van der Waals surface area contributed by atoms with E-state index < -0.39 is 5.91 Å². The third kappa shape index (κ3) is 3.46. The number of hydrogen-bond acceptors (Lipinski definition) is 6. The first-order valence-corrected chi connectivity index (χ1v) is 11.5. The van der Waals surface area contributed by atoms with Gasteiger partial charge >= 0.3 is 0 Å². The quantitative estimate of drug-likeness (QED) is 0.407. The summed E-state index contributed by atoms with van der Waals surface area (Å²) in [7, 11) is 1.90. The smallest absolute Gasteiger partial charge is 0.284 e. The van der Waals surface area contributed by atoms with Crippen LogP contribution >= 0.6 is 0 Å². The number of fused-ring (bicyclic) bond motifs is 2. The van der Waals surface area contributed by atoms with E-state index in [1.165, 1.54) is 6.33 Å². The Morgan fingerprint density at radius 1 is 1.08 bits per heavy atom. The van der Waals surface area contributed by atoms with Gasteiger partial charge in [-0.2, -0.15) is 0 Å². The summed E-state index contributed by atoms with van der Waals surface area (Å²) in [6, 6.07) is 16.6. The number of carbonyl (C=O) groups excluding carboxylic acids is 1. The molecule has 1 aliphatic rings. The molecule has 0 fully saturated rings. The average molecular weight is 482 g/mol. The molecule has 0 aliphatic carbocycles. The zero-order chi connectivity index (χ0) is 24.8. The fourth-order valence-electron chi connectivity index (χ4n) is 4.72. The van der Waals surface area contributed by atoms with Crippen LogP contribution in [0, 0.1) is 0 Å². The van der Waals surface area contributed by atoms with Gasteiger partial charge in [0.15, 0.2) is 0 Å². The summed E-state index contributed by atoms with van der Waals surface area (Å²) in [5.41, 5.74) is 10.2. The molecule has 3 aromatic heterocycles. The molecule has 3 N–H and O–H groups in total. The minimum absolute atomic E-state index is 0.0848. The average Bonchev–Trinajstić information content (AvgIpc) is 3.39. The summed E-state index contributed by atoms with van der Waals surface area (Å²) in [6.45, 7) is 1.15. The van der Waals surface area contributed by atoms with Gasteiger partial charge in [0.25, 0.3) is 11.5 Å². The highest BCUT2D eigenvalue weighted by Crippen LogP contribution is 2.32. The monoisotopic (exact) mass is 481 g/mol. The van der Waals surface area contributed by atoms with E-state index in [0.29, 0.717) is 36.0 Å². The summed E-state index contributed by atoms with van der Waals surface area (Å²) < 4.78 is 10.8. The Morgan fingerprint density at radius 3 is 2.64 bits per heavy atom. The normalized spacial score (nSPS) is 13.0. The molecule has 1 aliphatic heterocycles. The van der Waals surface area contributed by atoms with Crippen molar-refractivity contribution in [2.45, 2.75) is 13.2 Å². The van der Waals surface area contributed by atoms with Gasteiger partial charge in [-0.25, -0.2) is 14.6 Å². The standard InChI is InChI=1S/C26H23N7O3/c1-31-13-19(21-23(27)28-15-29-24(21)31)16-7-9-17(10-8-16)30-25(34)22-20-14-36-12-11-32(20)33(26(22)35)18-5-3-2-4-6-18/h2-10,13,15H,11-12,14H2,1H3,(H,30,34)(H2,27,28,29).